The summed E-state index contributed by atoms with van der Waals surface area (Å²) in [5, 5.41) is 9.35. The fraction of sp³-hybridized carbons (Fsp3) is 0.250. The molecule has 0 saturated heterocycles. The standard InChI is InChI=1S/C12H15N3O3S/c1-9-3-5-11(6-4-9)15-12(19(13,16)17)7-10(14-15)8-18-2/h3-7H,8H2,1-2H3,(H2,13,16,17). The number of primary sulfonamides is 1. The molecule has 6 nitrogen and oxygen atoms in total. The van der Waals surface area contributed by atoms with E-state index in [0.29, 0.717) is 11.4 Å². The number of rotatable bonds is 4. The number of aryl methyl sites for hydroxylation is 1. The van der Waals surface area contributed by atoms with Crippen LogP contribution in [0.5, 0.6) is 0 Å². The summed E-state index contributed by atoms with van der Waals surface area (Å²) in [5.74, 6) is 0. The summed E-state index contributed by atoms with van der Waals surface area (Å²) in [7, 11) is -2.33. The summed E-state index contributed by atoms with van der Waals surface area (Å²) in [5.41, 5.74) is 2.22. The summed E-state index contributed by atoms with van der Waals surface area (Å²) in [4.78, 5) is 0. The highest BCUT2D eigenvalue weighted by Crippen LogP contribution is 2.17. The maximum Gasteiger partial charge on any atom is 0.255 e. The molecule has 1 aromatic heterocycles. The lowest BCUT2D eigenvalue weighted by atomic mass is 10.2. The van der Waals surface area contributed by atoms with Crippen molar-refractivity contribution in [2.24, 2.45) is 5.14 Å². The van der Waals surface area contributed by atoms with E-state index in [-0.39, 0.29) is 11.6 Å². The van der Waals surface area contributed by atoms with Crippen LogP contribution in [0.15, 0.2) is 35.4 Å². The smallest absolute Gasteiger partial charge is 0.255 e. The van der Waals surface area contributed by atoms with E-state index < -0.39 is 10.0 Å². The van der Waals surface area contributed by atoms with E-state index in [4.69, 9.17) is 9.88 Å². The quantitative estimate of drug-likeness (QED) is 0.904. The highest BCUT2D eigenvalue weighted by molar-refractivity contribution is 7.89. The van der Waals surface area contributed by atoms with Crippen LogP contribution >= 0.6 is 0 Å². The Morgan fingerprint density at radius 1 is 1.32 bits per heavy atom. The van der Waals surface area contributed by atoms with E-state index in [2.05, 4.69) is 5.10 Å². The van der Waals surface area contributed by atoms with Crippen molar-refractivity contribution in [2.75, 3.05) is 7.11 Å². The van der Waals surface area contributed by atoms with Gasteiger partial charge in [-0.15, -0.1) is 0 Å². The van der Waals surface area contributed by atoms with Crippen molar-refractivity contribution in [3.63, 3.8) is 0 Å². The van der Waals surface area contributed by atoms with Gasteiger partial charge in [0.1, 0.15) is 0 Å². The molecule has 2 aromatic rings. The third-order valence-corrected chi connectivity index (χ3v) is 3.46. The van der Waals surface area contributed by atoms with Gasteiger partial charge in [-0.2, -0.15) is 5.10 Å². The highest BCUT2D eigenvalue weighted by atomic mass is 32.2. The van der Waals surface area contributed by atoms with E-state index in [1.807, 2.05) is 19.1 Å². The van der Waals surface area contributed by atoms with Crippen LogP contribution in [-0.4, -0.2) is 25.3 Å². The predicted molar refractivity (Wildman–Crippen MR) is 70.4 cm³/mol. The number of nitrogens with zero attached hydrogens (tertiary/aromatic N) is 2. The molecule has 0 saturated carbocycles. The molecule has 1 heterocycles. The molecular formula is C12H15N3O3S. The molecule has 2 N–H and O–H groups in total. The summed E-state index contributed by atoms with van der Waals surface area (Å²) in [6.07, 6.45) is 0. The second-order valence-corrected chi connectivity index (χ2v) is 5.71. The summed E-state index contributed by atoms with van der Waals surface area (Å²) < 4.78 is 29.4. The molecule has 0 aliphatic carbocycles. The van der Waals surface area contributed by atoms with Gasteiger partial charge >= 0.3 is 0 Å². The average Bonchev–Trinajstić information content (AvgIpc) is 2.74. The van der Waals surface area contributed by atoms with Gasteiger partial charge in [0.05, 0.1) is 18.0 Å². The predicted octanol–water partition coefficient (Wildman–Crippen LogP) is 0.975. The number of aromatic nitrogens is 2. The number of nitrogens with two attached hydrogens (primary N) is 1. The molecule has 0 fully saturated rings. The molecule has 0 atom stereocenters. The molecule has 0 unspecified atom stereocenters. The zero-order valence-electron chi connectivity index (χ0n) is 10.7. The van der Waals surface area contributed by atoms with Gasteiger partial charge in [-0.3, -0.25) is 0 Å². The zero-order valence-corrected chi connectivity index (χ0v) is 11.5. The van der Waals surface area contributed by atoms with Gasteiger partial charge in [-0.1, -0.05) is 17.7 Å². The van der Waals surface area contributed by atoms with E-state index >= 15 is 0 Å². The molecule has 19 heavy (non-hydrogen) atoms. The number of hydrogen-bond acceptors (Lipinski definition) is 4. The van der Waals surface area contributed by atoms with E-state index in [1.165, 1.54) is 17.9 Å². The summed E-state index contributed by atoms with van der Waals surface area (Å²) >= 11 is 0. The van der Waals surface area contributed by atoms with Crippen LogP contribution in [0.1, 0.15) is 11.3 Å². The number of methoxy groups -OCH3 is 1. The van der Waals surface area contributed by atoms with Gasteiger partial charge in [-0.05, 0) is 19.1 Å². The largest absolute Gasteiger partial charge is 0.378 e. The molecule has 0 bridgehead atoms. The van der Waals surface area contributed by atoms with Gasteiger partial charge in [0.2, 0.25) is 0 Å². The van der Waals surface area contributed by atoms with Crippen LogP contribution in [0.2, 0.25) is 0 Å². The fourth-order valence-electron chi connectivity index (χ4n) is 1.70. The molecule has 0 radical (unpaired) electrons. The van der Waals surface area contributed by atoms with Crippen LogP contribution in [0.25, 0.3) is 5.69 Å². The van der Waals surface area contributed by atoms with Crippen molar-refractivity contribution in [3.05, 3.63) is 41.6 Å². The molecular weight excluding hydrogens is 266 g/mol. The normalized spacial score (nSPS) is 11.7. The third kappa shape index (κ3) is 3.01. The Bertz CT molecular complexity index is 675. The van der Waals surface area contributed by atoms with E-state index in [0.717, 1.165) is 5.56 Å². The van der Waals surface area contributed by atoms with Gasteiger partial charge in [0.15, 0.2) is 5.03 Å². The Morgan fingerprint density at radius 3 is 2.47 bits per heavy atom. The van der Waals surface area contributed by atoms with Crippen LogP contribution in [-0.2, 0) is 21.4 Å². The molecule has 2 rings (SSSR count). The highest BCUT2D eigenvalue weighted by Gasteiger charge is 2.18. The van der Waals surface area contributed by atoms with Crippen LogP contribution in [0.3, 0.4) is 0 Å². The monoisotopic (exact) mass is 281 g/mol. The minimum atomic E-state index is -3.84. The van der Waals surface area contributed by atoms with Crippen molar-refractivity contribution < 1.29 is 13.2 Å². The first-order valence-corrected chi connectivity index (χ1v) is 7.14. The maximum atomic E-state index is 11.6. The molecule has 0 aliphatic rings. The topological polar surface area (TPSA) is 87.2 Å². The van der Waals surface area contributed by atoms with Gasteiger partial charge in [0.25, 0.3) is 10.0 Å². The Labute approximate surface area is 111 Å². The van der Waals surface area contributed by atoms with Crippen molar-refractivity contribution in [1.29, 1.82) is 0 Å². The summed E-state index contributed by atoms with van der Waals surface area (Å²) in [6, 6.07) is 8.74. The Morgan fingerprint density at radius 2 is 1.95 bits per heavy atom. The van der Waals surface area contributed by atoms with Crippen molar-refractivity contribution in [1.82, 2.24) is 9.78 Å². The van der Waals surface area contributed by atoms with Gasteiger partial charge in [0, 0.05) is 13.2 Å². The second-order valence-electron chi connectivity index (χ2n) is 4.20. The first-order chi connectivity index (χ1) is 8.91. The first kappa shape index (κ1) is 13.7. The van der Waals surface area contributed by atoms with Gasteiger partial charge < -0.3 is 4.74 Å². The fourth-order valence-corrected chi connectivity index (χ4v) is 2.39. The third-order valence-electron chi connectivity index (χ3n) is 2.59. The molecule has 0 aliphatic heterocycles. The molecule has 102 valence electrons. The Hall–Kier alpha value is -1.70. The second kappa shape index (κ2) is 5.12. The van der Waals surface area contributed by atoms with Crippen molar-refractivity contribution >= 4 is 10.0 Å². The number of hydrogen-bond donors (Lipinski definition) is 1. The molecule has 0 amide bonds. The maximum absolute atomic E-state index is 11.6. The first-order valence-electron chi connectivity index (χ1n) is 5.59. The number of benzene rings is 1. The van der Waals surface area contributed by atoms with Crippen LogP contribution < -0.4 is 5.14 Å². The van der Waals surface area contributed by atoms with Crippen molar-refractivity contribution in [3.8, 4) is 5.69 Å². The lowest BCUT2D eigenvalue weighted by Gasteiger charge is -2.05. The average molecular weight is 281 g/mol. The SMILES string of the molecule is COCc1cc(S(N)(=O)=O)n(-c2ccc(C)cc2)n1. The summed E-state index contributed by atoms with van der Waals surface area (Å²) in [6.45, 7) is 2.17. The minimum Gasteiger partial charge on any atom is -0.378 e. The van der Waals surface area contributed by atoms with Crippen molar-refractivity contribution in [2.45, 2.75) is 18.6 Å². The Balaban J connectivity index is 2.57. The van der Waals surface area contributed by atoms with E-state index in [9.17, 15) is 8.42 Å². The van der Waals surface area contributed by atoms with Crippen LogP contribution in [0, 0.1) is 6.92 Å². The lowest BCUT2D eigenvalue weighted by Crippen LogP contribution is -2.17. The number of sulfonamides is 1. The lowest BCUT2D eigenvalue weighted by molar-refractivity contribution is 0.181. The zero-order chi connectivity index (χ0) is 14.0. The van der Waals surface area contributed by atoms with Gasteiger partial charge in [-0.25, -0.2) is 18.2 Å². The minimum absolute atomic E-state index is 0.0524. The molecule has 1 aromatic carbocycles. The Kier molecular flexibility index (Phi) is 3.70. The number of ether oxygens (including phenoxy) is 1. The van der Waals surface area contributed by atoms with E-state index in [1.54, 1.807) is 12.1 Å². The van der Waals surface area contributed by atoms with Crippen LogP contribution in [0.4, 0.5) is 0 Å². The molecule has 0 spiro atoms. The molecule has 7 heteroatoms.